The first-order chi connectivity index (χ1) is 9.15. The molecule has 0 heterocycles. The highest BCUT2D eigenvalue weighted by Crippen LogP contribution is 2.40. The lowest BCUT2D eigenvalue weighted by Gasteiger charge is -2.17. The molecule has 1 unspecified atom stereocenters. The van der Waals surface area contributed by atoms with Gasteiger partial charge in [0.25, 0.3) is 0 Å². The van der Waals surface area contributed by atoms with E-state index in [0.717, 1.165) is 18.6 Å². The van der Waals surface area contributed by atoms with E-state index in [1.54, 1.807) is 7.11 Å². The Morgan fingerprint density at radius 1 is 1.42 bits per heavy atom. The van der Waals surface area contributed by atoms with E-state index in [0.29, 0.717) is 34.9 Å². The third kappa shape index (κ3) is 3.77. The summed E-state index contributed by atoms with van der Waals surface area (Å²) in [6, 6.07) is 3.97. The van der Waals surface area contributed by atoms with Crippen LogP contribution in [0.15, 0.2) is 12.1 Å². The minimum atomic E-state index is 0.369. The molecule has 0 saturated heterocycles. The third-order valence-corrected chi connectivity index (χ3v) is 3.86. The molecule has 1 saturated carbocycles. The number of halogens is 1. The van der Waals surface area contributed by atoms with E-state index in [1.807, 2.05) is 12.1 Å². The fourth-order valence-corrected chi connectivity index (χ4v) is 2.34. The molecular formula is C15H22ClNO2. The Morgan fingerprint density at radius 3 is 2.74 bits per heavy atom. The second-order valence-electron chi connectivity index (χ2n) is 5.27. The molecule has 2 rings (SSSR count). The second-order valence-corrected chi connectivity index (χ2v) is 5.67. The molecule has 0 amide bonds. The lowest BCUT2D eigenvalue weighted by molar-refractivity contribution is 0.280. The van der Waals surface area contributed by atoms with E-state index >= 15 is 0 Å². The predicted octanol–water partition coefficient (Wildman–Crippen LogP) is 3.59. The van der Waals surface area contributed by atoms with Crippen molar-refractivity contribution in [2.75, 3.05) is 20.3 Å². The number of nitrogens with two attached hydrogens (primary N) is 1. The predicted molar refractivity (Wildman–Crippen MR) is 78.3 cm³/mol. The summed E-state index contributed by atoms with van der Waals surface area (Å²) in [5.74, 6) is 2.44. The molecule has 3 nitrogen and oxygen atoms in total. The van der Waals surface area contributed by atoms with Crippen molar-refractivity contribution in [3.63, 3.8) is 0 Å². The van der Waals surface area contributed by atoms with Gasteiger partial charge in [0.1, 0.15) is 0 Å². The van der Waals surface area contributed by atoms with E-state index in [1.165, 1.54) is 12.8 Å². The van der Waals surface area contributed by atoms with Gasteiger partial charge in [0.2, 0.25) is 0 Å². The molecular weight excluding hydrogens is 262 g/mol. The van der Waals surface area contributed by atoms with Gasteiger partial charge in [0.05, 0.1) is 18.7 Å². The Morgan fingerprint density at radius 2 is 2.16 bits per heavy atom. The van der Waals surface area contributed by atoms with Crippen molar-refractivity contribution in [1.29, 1.82) is 0 Å². The number of hydrogen-bond donors (Lipinski definition) is 1. The van der Waals surface area contributed by atoms with E-state index in [2.05, 4.69) is 6.92 Å². The highest BCUT2D eigenvalue weighted by molar-refractivity contribution is 6.32. The molecule has 1 aromatic carbocycles. The summed E-state index contributed by atoms with van der Waals surface area (Å²) in [6.45, 7) is 3.54. The maximum Gasteiger partial charge on any atom is 0.179 e. The summed E-state index contributed by atoms with van der Waals surface area (Å²) < 4.78 is 11.2. The zero-order valence-corrected chi connectivity index (χ0v) is 12.4. The standard InChI is InChI=1S/C15H22ClNO2/c1-10(5-6-17)12-7-13(16)15(14(8-12)18-2)19-9-11-3-4-11/h7-8,10-11H,3-6,9,17H2,1-2H3. The van der Waals surface area contributed by atoms with Gasteiger partial charge in [-0.15, -0.1) is 0 Å². The Balaban J connectivity index is 2.17. The minimum absolute atomic E-state index is 0.369. The highest BCUT2D eigenvalue weighted by atomic mass is 35.5. The maximum absolute atomic E-state index is 6.33. The van der Waals surface area contributed by atoms with Crippen LogP contribution in [0.25, 0.3) is 0 Å². The van der Waals surface area contributed by atoms with Crippen molar-refractivity contribution >= 4 is 11.6 Å². The maximum atomic E-state index is 6.33. The molecule has 1 atom stereocenters. The Labute approximate surface area is 120 Å². The molecule has 1 aliphatic carbocycles. The van der Waals surface area contributed by atoms with Gasteiger partial charge >= 0.3 is 0 Å². The lowest BCUT2D eigenvalue weighted by atomic mass is 9.97. The van der Waals surface area contributed by atoms with Gasteiger partial charge in [-0.05, 0) is 55.3 Å². The fourth-order valence-electron chi connectivity index (χ4n) is 2.07. The van der Waals surface area contributed by atoms with Crippen molar-refractivity contribution in [3.05, 3.63) is 22.7 Å². The van der Waals surface area contributed by atoms with Gasteiger partial charge < -0.3 is 15.2 Å². The second kappa shape index (κ2) is 6.49. The van der Waals surface area contributed by atoms with Crippen molar-refractivity contribution in [1.82, 2.24) is 0 Å². The van der Waals surface area contributed by atoms with Crippen molar-refractivity contribution in [2.45, 2.75) is 32.1 Å². The van der Waals surface area contributed by atoms with Crippen LogP contribution in [-0.2, 0) is 0 Å². The average molecular weight is 284 g/mol. The molecule has 0 bridgehead atoms. The van der Waals surface area contributed by atoms with Crippen LogP contribution in [-0.4, -0.2) is 20.3 Å². The largest absolute Gasteiger partial charge is 0.493 e. The zero-order chi connectivity index (χ0) is 13.8. The molecule has 0 spiro atoms. The van der Waals surface area contributed by atoms with Gasteiger partial charge in [0, 0.05) is 0 Å². The first kappa shape index (κ1) is 14.5. The van der Waals surface area contributed by atoms with E-state index in [9.17, 15) is 0 Å². The Kier molecular flexibility index (Phi) is 4.94. The molecule has 1 aromatic rings. The van der Waals surface area contributed by atoms with Crippen LogP contribution < -0.4 is 15.2 Å². The third-order valence-electron chi connectivity index (χ3n) is 3.58. The molecule has 1 aliphatic rings. The topological polar surface area (TPSA) is 44.5 Å². The van der Waals surface area contributed by atoms with Crippen LogP contribution >= 0.6 is 11.6 Å². The zero-order valence-electron chi connectivity index (χ0n) is 11.6. The summed E-state index contributed by atoms with van der Waals surface area (Å²) >= 11 is 6.33. The van der Waals surface area contributed by atoms with Gasteiger partial charge in [-0.2, -0.15) is 0 Å². The molecule has 19 heavy (non-hydrogen) atoms. The lowest BCUT2D eigenvalue weighted by Crippen LogP contribution is -2.06. The summed E-state index contributed by atoms with van der Waals surface area (Å²) in [5, 5.41) is 0.624. The van der Waals surface area contributed by atoms with Crippen LogP contribution in [0.4, 0.5) is 0 Å². The van der Waals surface area contributed by atoms with E-state index < -0.39 is 0 Å². The summed E-state index contributed by atoms with van der Waals surface area (Å²) in [6.07, 6.45) is 3.44. The van der Waals surface area contributed by atoms with Gasteiger partial charge in [0.15, 0.2) is 11.5 Å². The first-order valence-corrected chi connectivity index (χ1v) is 7.23. The van der Waals surface area contributed by atoms with Crippen LogP contribution in [0.2, 0.25) is 5.02 Å². The summed E-state index contributed by atoms with van der Waals surface area (Å²) in [4.78, 5) is 0. The number of methoxy groups -OCH3 is 1. The van der Waals surface area contributed by atoms with Gasteiger partial charge in [-0.1, -0.05) is 18.5 Å². The quantitative estimate of drug-likeness (QED) is 0.832. The van der Waals surface area contributed by atoms with Crippen LogP contribution in [0.1, 0.15) is 37.7 Å². The molecule has 4 heteroatoms. The monoisotopic (exact) mass is 283 g/mol. The molecule has 0 aromatic heterocycles. The number of ether oxygens (including phenoxy) is 2. The molecule has 1 fully saturated rings. The van der Waals surface area contributed by atoms with Crippen LogP contribution in [0.5, 0.6) is 11.5 Å². The number of rotatable bonds is 7. The van der Waals surface area contributed by atoms with E-state index in [-0.39, 0.29) is 0 Å². The average Bonchev–Trinajstić information content (AvgIpc) is 3.20. The van der Waals surface area contributed by atoms with E-state index in [4.69, 9.17) is 26.8 Å². The number of hydrogen-bond acceptors (Lipinski definition) is 3. The van der Waals surface area contributed by atoms with Gasteiger partial charge in [-0.3, -0.25) is 0 Å². The van der Waals surface area contributed by atoms with Crippen molar-refractivity contribution < 1.29 is 9.47 Å². The summed E-state index contributed by atoms with van der Waals surface area (Å²) in [5.41, 5.74) is 6.75. The van der Waals surface area contributed by atoms with Gasteiger partial charge in [-0.25, -0.2) is 0 Å². The molecule has 2 N–H and O–H groups in total. The SMILES string of the molecule is COc1cc(C(C)CCN)cc(Cl)c1OCC1CC1. The fraction of sp³-hybridized carbons (Fsp3) is 0.600. The summed E-state index contributed by atoms with van der Waals surface area (Å²) in [7, 11) is 1.65. The Bertz CT molecular complexity index is 432. The first-order valence-electron chi connectivity index (χ1n) is 6.86. The Hall–Kier alpha value is -0.930. The normalized spacial score (nSPS) is 16.2. The highest BCUT2D eigenvalue weighted by Gasteiger charge is 2.23. The van der Waals surface area contributed by atoms with Crippen molar-refractivity contribution in [2.24, 2.45) is 11.7 Å². The van der Waals surface area contributed by atoms with Crippen molar-refractivity contribution in [3.8, 4) is 11.5 Å². The molecule has 0 radical (unpaired) electrons. The number of benzene rings is 1. The van der Waals surface area contributed by atoms with Crippen LogP contribution in [0.3, 0.4) is 0 Å². The van der Waals surface area contributed by atoms with Crippen LogP contribution in [0, 0.1) is 5.92 Å². The smallest absolute Gasteiger partial charge is 0.179 e. The molecule has 106 valence electrons. The molecule has 0 aliphatic heterocycles. The minimum Gasteiger partial charge on any atom is -0.493 e.